The molecule has 0 aliphatic rings. The third kappa shape index (κ3) is 39.7. The molecule has 0 saturated carbocycles. The second kappa shape index (κ2) is 43.4. The van der Waals surface area contributed by atoms with Crippen LogP contribution in [-0.2, 0) is 19.6 Å². The summed E-state index contributed by atoms with van der Waals surface area (Å²) in [5, 5.41) is 0. The van der Waals surface area contributed by atoms with Crippen molar-refractivity contribution in [2.45, 2.75) is 232 Å². The summed E-state index contributed by atoms with van der Waals surface area (Å²) in [6, 6.07) is 0. The van der Waals surface area contributed by atoms with Gasteiger partial charge in [0, 0.05) is 19.6 Å². The number of likely N-dealkylation sites (N-methyl/N-ethyl adjacent to an activating group) is 1. The van der Waals surface area contributed by atoms with E-state index in [1.807, 2.05) is 19.0 Å². The zero-order chi connectivity index (χ0) is 42.6. The highest BCUT2D eigenvalue weighted by atomic mass is 32.2. The average molecular weight is 833 g/mol. The van der Waals surface area contributed by atoms with Gasteiger partial charge in [0.15, 0.2) is 0 Å². The van der Waals surface area contributed by atoms with Gasteiger partial charge in [-0.1, -0.05) is 172 Å². The zero-order valence-electron chi connectivity index (χ0n) is 39.1. The molecule has 0 aromatic rings. The fraction of sp³-hybridized carbons (Fsp3) is 0.824. The Morgan fingerprint density at radius 2 is 0.862 bits per heavy atom. The highest BCUT2D eigenvalue weighted by Crippen LogP contribution is 2.19. The molecule has 0 radical (unpaired) electrons. The lowest BCUT2D eigenvalue weighted by molar-refractivity contribution is -0.150. The molecule has 340 valence electrons. The third-order valence-electron chi connectivity index (χ3n) is 11.0. The molecule has 0 bridgehead atoms. The van der Waals surface area contributed by atoms with Crippen LogP contribution in [0.15, 0.2) is 48.6 Å². The molecule has 0 aliphatic heterocycles. The first-order chi connectivity index (χ1) is 28.3. The van der Waals surface area contributed by atoms with Crippen LogP contribution in [0.3, 0.4) is 0 Å². The average Bonchev–Trinajstić information content (AvgIpc) is 3.20. The summed E-state index contributed by atoms with van der Waals surface area (Å²) in [6.45, 7) is 7.93. The van der Waals surface area contributed by atoms with Gasteiger partial charge in [0.05, 0.1) is 12.2 Å². The lowest BCUT2D eigenvalue weighted by atomic mass is 10.0. The van der Waals surface area contributed by atoms with Crippen LogP contribution >= 0.6 is 0 Å². The van der Waals surface area contributed by atoms with Crippen molar-refractivity contribution < 1.29 is 17.9 Å². The second-order valence-corrected chi connectivity index (χ2v) is 19.1. The predicted molar refractivity (Wildman–Crippen MR) is 255 cm³/mol. The van der Waals surface area contributed by atoms with E-state index in [9.17, 15) is 13.2 Å². The molecule has 0 aromatic heterocycles. The fourth-order valence-corrected chi connectivity index (χ4v) is 8.72. The van der Waals surface area contributed by atoms with E-state index in [0.717, 1.165) is 64.2 Å². The number of hydrogen-bond donors (Lipinski definition) is 0. The minimum Gasteiger partial charge on any atom is -0.462 e. The van der Waals surface area contributed by atoms with Crippen molar-refractivity contribution >= 4 is 16.0 Å². The van der Waals surface area contributed by atoms with E-state index >= 15 is 0 Å². The summed E-state index contributed by atoms with van der Waals surface area (Å²) in [5.41, 5.74) is 0. The Morgan fingerprint density at radius 1 is 0.483 bits per heavy atom. The SMILES string of the molecule is CCCCC/C=C\C/C=C\CCCCCCCCC(CCCCCCC/C=C\C/C=C\CCCCC)OC(=O)CCN(CCN(C)C)S(=O)(=O)CCCCCCCC. The second-order valence-electron chi connectivity index (χ2n) is 17.0. The van der Waals surface area contributed by atoms with Crippen molar-refractivity contribution in [1.29, 1.82) is 0 Å². The standard InChI is InChI=1S/C51H96N2O4S/c1-6-9-12-15-18-20-22-24-26-28-30-32-34-36-38-41-44-50(43-40-37-35-33-31-29-27-25-23-21-19-16-13-10-7-2)57-51(54)45-46-53(48-47-52(4)5)58(55,56)49-42-39-17-14-11-8-3/h18-21,24-27,50H,6-17,22-23,28-49H2,1-5H3/b20-18-,21-19-,26-24-,27-25-. The van der Waals surface area contributed by atoms with Gasteiger partial charge in [-0.15, -0.1) is 0 Å². The maximum atomic E-state index is 13.4. The Bertz CT molecular complexity index is 1110. The maximum Gasteiger partial charge on any atom is 0.307 e. The Labute approximate surface area is 362 Å². The topological polar surface area (TPSA) is 66.9 Å². The van der Waals surface area contributed by atoms with Crippen molar-refractivity contribution in [2.24, 2.45) is 0 Å². The zero-order valence-corrected chi connectivity index (χ0v) is 39.9. The molecule has 0 amide bonds. The van der Waals surface area contributed by atoms with E-state index in [1.54, 1.807) is 0 Å². The van der Waals surface area contributed by atoms with Crippen LogP contribution in [-0.4, -0.2) is 69.2 Å². The molecule has 0 fully saturated rings. The van der Waals surface area contributed by atoms with Gasteiger partial charge in [-0.2, -0.15) is 0 Å². The summed E-state index contributed by atoms with van der Waals surface area (Å²) in [7, 11) is 0.487. The molecular formula is C51H96N2O4S. The van der Waals surface area contributed by atoms with Crippen molar-refractivity contribution in [2.75, 3.05) is 39.5 Å². The Kier molecular flexibility index (Phi) is 42.1. The van der Waals surface area contributed by atoms with Crippen LogP contribution in [0.2, 0.25) is 0 Å². The quantitative estimate of drug-likeness (QED) is 0.0347. The lowest BCUT2D eigenvalue weighted by Crippen LogP contribution is -2.39. The van der Waals surface area contributed by atoms with Gasteiger partial charge in [-0.05, 0) is 110 Å². The van der Waals surface area contributed by atoms with Crippen LogP contribution in [0.25, 0.3) is 0 Å². The third-order valence-corrected chi connectivity index (χ3v) is 13.0. The molecule has 0 saturated heterocycles. The number of unbranched alkanes of at least 4 members (excludes halogenated alkanes) is 22. The lowest BCUT2D eigenvalue weighted by Gasteiger charge is -2.24. The van der Waals surface area contributed by atoms with Gasteiger partial charge >= 0.3 is 5.97 Å². The van der Waals surface area contributed by atoms with Crippen LogP contribution in [0.1, 0.15) is 226 Å². The van der Waals surface area contributed by atoms with Crippen molar-refractivity contribution in [1.82, 2.24) is 9.21 Å². The van der Waals surface area contributed by atoms with E-state index in [-0.39, 0.29) is 30.8 Å². The van der Waals surface area contributed by atoms with Crippen LogP contribution in [0.4, 0.5) is 0 Å². The summed E-state index contributed by atoms with van der Waals surface area (Å²) in [5.74, 6) is -0.0952. The first-order valence-corrected chi connectivity index (χ1v) is 26.3. The highest BCUT2D eigenvalue weighted by Gasteiger charge is 2.24. The summed E-state index contributed by atoms with van der Waals surface area (Å²) < 4.78 is 34.4. The summed E-state index contributed by atoms with van der Waals surface area (Å²) in [4.78, 5) is 15.2. The Balaban J connectivity index is 4.81. The summed E-state index contributed by atoms with van der Waals surface area (Å²) >= 11 is 0. The molecule has 1 unspecified atom stereocenters. The molecule has 0 aliphatic carbocycles. The molecule has 0 N–H and O–H groups in total. The number of esters is 1. The number of nitrogens with zero attached hydrogens (tertiary/aromatic N) is 2. The molecule has 0 rings (SSSR count). The van der Waals surface area contributed by atoms with E-state index in [2.05, 4.69) is 69.4 Å². The van der Waals surface area contributed by atoms with E-state index in [4.69, 9.17) is 4.74 Å². The Morgan fingerprint density at radius 3 is 1.31 bits per heavy atom. The van der Waals surface area contributed by atoms with Crippen molar-refractivity contribution in [3.05, 3.63) is 48.6 Å². The van der Waals surface area contributed by atoms with Gasteiger partial charge in [-0.3, -0.25) is 4.79 Å². The minimum atomic E-state index is -3.43. The van der Waals surface area contributed by atoms with Crippen molar-refractivity contribution in [3.63, 3.8) is 0 Å². The number of allylic oxidation sites excluding steroid dienone is 8. The smallest absolute Gasteiger partial charge is 0.307 e. The van der Waals surface area contributed by atoms with E-state index in [0.29, 0.717) is 19.5 Å². The molecule has 0 heterocycles. The van der Waals surface area contributed by atoms with Crippen LogP contribution < -0.4 is 0 Å². The largest absolute Gasteiger partial charge is 0.462 e. The summed E-state index contributed by atoms with van der Waals surface area (Å²) in [6.07, 6.45) is 54.5. The molecule has 6 nitrogen and oxygen atoms in total. The van der Waals surface area contributed by atoms with Gasteiger partial charge in [-0.25, -0.2) is 12.7 Å². The number of carbonyl (C=O) groups is 1. The fourth-order valence-electron chi connectivity index (χ4n) is 7.16. The first-order valence-electron chi connectivity index (χ1n) is 24.7. The van der Waals surface area contributed by atoms with Gasteiger partial charge in [0.2, 0.25) is 10.0 Å². The normalized spacial score (nSPS) is 13.2. The molecule has 58 heavy (non-hydrogen) atoms. The monoisotopic (exact) mass is 833 g/mol. The van der Waals surface area contributed by atoms with Gasteiger partial charge in [0.25, 0.3) is 0 Å². The Hall–Kier alpha value is -1.70. The van der Waals surface area contributed by atoms with Crippen molar-refractivity contribution in [3.8, 4) is 0 Å². The molecule has 0 spiro atoms. The number of hydrogen-bond acceptors (Lipinski definition) is 5. The van der Waals surface area contributed by atoms with Gasteiger partial charge in [0.1, 0.15) is 6.10 Å². The molecule has 7 heteroatoms. The van der Waals surface area contributed by atoms with Gasteiger partial charge < -0.3 is 9.64 Å². The van der Waals surface area contributed by atoms with Crippen LogP contribution in [0, 0.1) is 0 Å². The minimum absolute atomic E-state index is 0.0776. The van der Waals surface area contributed by atoms with E-state index in [1.165, 1.54) is 133 Å². The number of rotatable bonds is 44. The number of sulfonamides is 1. The maximum absolute atomic E-state index is 13.4. The first kappa shape index (κ1) is 56.3. The highest BCUT2D eigenvalue weighted by molar-refractivity contribution is 7.89. The predicted octanol–water partition coefficient (Wildman–Crippen LogP) is 14.9. The number of ether oxygens (including phenoxy) is 1. The molecular weight excluding hydrogens is 737 g/mol. The molecule has 0 aromatic carbocycles. The van der Waals surface area contributed by atoms with E-state index < -0.39 is 10.0 Å². The van der Waals surface area contributed by atoms with Crippen LogP contribution in [0.5, 0.6) is 0 Å². The number of carbonyl (C=O) groups excluding carboxylic acids is 1. The molecule has 1 atom stereocenters.